The van der Waals surface area contributed by atoms with Crippen LogP contribution in [0.1, 0.15) is 12.5 Å². The minimum absolute atomic E-state index is 0.00290. The summed E-state index contributed by atoms with van der Waals surface area (Å²) in [5, 5.41) is 2.66. The smallest absolute Gasteiger partial charge is 0.317 e. The molecule has 0 saturated carbocycles. The van der Waals surface area contributed by atoms with E-state index in [0.717, 1.165) is 35.5 Å². The number of nitrogens with one attached hydrogen (secondary N) is 1. The first-order chi connectivity index (χ1) is 13.4. The van der Waals surface area contributed by atoms with E-state index in [-0.39, 0.29) is 24.0 Å². The zero-order valence-corrected chi connectivity index (χ0v) is 15.7. The highest BCUT2D eigenvalue weighted by Crippen LogP contribution is 2.32. The average Bonchev–Trinajstić information content (AvgIpc) is 3.14. The molecular weight excluding hydrogens is 392 g/mol. The van der Waals surface area contributed by atoms with E-state index < -0.39 is 29.6 Å². The lowest BCUT2D eigenvalue weighted by atomic mass is 10.2. The highest BCUT2D eigenvalue weighted by atomic mass is 32.2. The van der Waals surface area contributed by atoms with Crippen molar-refractivity contribution in [2.24, 2.45) is 0 Å². The number of amides is 1. The highest BCUT2D eigenvalue weighted by molar-refractivity contribution is 8.00. The van der Waals surface area contributed by atoms with Crippen molar-refractivity contribution in [1.29, 1.82) is 0 Å². The number of hydrogen-bond donors (Lipinski definition) is 1. The summed E-state index contributed by atoms with van der Waals surface area (Å²) in [7, 11) is 0. The largest absolute Gasteiger partial charge is 0.454 e. The first-order valence-corrected chi connectivity index (χ1v) is 9.34. The summed E-state index contributed by atoms with van der Waals surface area (Å²) in [6, 6.07) is 8.25. The van der Waals surface area contributed by atoms with Crippen LogP contribution >= 0.6 is 11.8 Å². The van der Waals surface area contributed by atoms with Gasteiger partial charge in [-0.15, -0.1) is 11.8 Å². The van der Waals surface area contributed by atoms with E-state index in [1.54, 1.807) is 18.2 Å². The molecule has 148 valence electrons. The lowest BCUT2D eigenvalue weighted by molar-refractivity contribution is -0.152. The summed E-state index contributed by atoms with van der Waals surface area (Å²) in [5.74, 6) is -1.42. The maximum atomic E-state index is 13.5. The number of hydrogen-bond acceptors (Lipinski definition) is 6. The number of rotatable bonds is 7. The second-order valence-corrected chi connectivity index (χ2v) is 6.92. The number of fused-ring (bicyclic) bond motifs is 1. The lowest BCUT2D eigenvalue weighted by Crippen LogP contribution is -2.35. The molecule has 1 atom stereocenters. The van der Waals surface area contributed by atoms with Gasteiger partial charge in [0.15, 0.2) is 17.6 Å². The summed E-state index contributed by atoms with van der Waals surface area (Å²) in [6.45, 7) is 1.82. The fraction of sp³-hybridized carbons (Fsp3) is 0.263. The zero-order chi connectivity index (χ0) is 20.1. The SMILES string of the molecule is C[C@H](OC(=O)CSc1cc(F)ccc1F)C(=O)NCc1ccc2c(c1)OCO2. The molecule has 2 aromatic carbocycles. The van der Waals surface area contributed by atoms with Crippen molar-refractivity contribution < 1.29 is 32.6 Å². The van der Waals surface area contributed by atoms with Gasteiger partial charge in [0, 0.05) is 11.4 Å². The molecule has 6 nitrogen and oxygen atoms in total. The molecule has 1 aliphatic heterocycles. The first kappa shape index (κ1) is 19.9. The molecule has 0 fully saturated rings. The number of carbonyl (C=O) groups is 2. The Balaban J connectivity index is 1.44. The number of halogens is 2. The van der Waals surface area contributed by atoms with E-state index in [4.69, 9.17) is 14.2 Å². The predicted molar refractivity (Wildman–Crippen MR) is 97.0 cm³/mol. The van der Waals surface area contributed by atoms with Gasteiger partial charge in [0.2, 0.25) is 6.79 Å². The van der Waals surface area contributed by atoms with Gasteiger partial charge in [0.05, 0.1) is 5.75 Å². The van der Waals surface area contributed by atoms with Crippen molar-refractivity contribution in [1.82, 2.24) is 5.32 Å². The maximum absolute atomic E-state index is 13.5. The fourth-order valence-electron chi connectivity index (χ4n) is 2.39. The highest BCUT2D eigenvalue weighted by Gasteiger charge is 2.19. The molecular formula is C19H17F2NO5S. The van der Waals surface area contributed by atoms with Gasteiger partial charge in [0.1, 0.15) is 11.6 Å². The van der Waals surface area contributed by atoms with Gasteiger partial charge in [0.25, 0.3) is 5.91 Å². The molecule has 1 aliphatic rings. The zero-order valence-electron chi connectivity index (χ0n) is 14.9. The summed E-state index contributed by atoms with van der Waals surface area (Å²) in [5.41, 5.74) is 0.799. The fourth-order valence-corrected chi connectivity index (χ4v) is 3.14. The summed E-state index contributed by atoms with van der Waals surface area (Å²) < 4.78 is 42.2. The topological polar surface area (TPSA) is 73.9 Å². The van der Waals surface area contributed by atoms with E-state index in [0.29, 0.717) is 11.5 Å². The van der Waals surface area contributed by atoms with Crippen LogP contribution in [0, 0.1) is 11.6 Å². The molecule has 0 saturated heterocycles. The Kier molecular flexibility index (Phi) is 6.35. The Hall–Kier alpha value is -2.81. The number of benzene rings is 2. The Labute approximate surface area is 164 Å². The third-order valence-electron chi connectivity index (χ3n) is 3.82. The molecule has 0 radical (unpaired) electrons. The summed E-state index contributed by atoms with van der Waals surface area (Å²) in [6.07, 6.45) is -1.03. The van der Waals surface area contributed by atoms with Crippen LogP contribution in [-0.2, 0) is 20.9 Å². The molecule has 9 heteroatoms. The Morgan fingerprint density at radius 1 is 1.18 bits per heavy atom. The van der Waals surface area contributed by atoms with Crippen LogP contribution in [0.2, 0.25) is 0 Å². The predicted octanol–water partition coefficient (Wildman–Crippen LogP) is 3.03. The van der Waals surface area contributed by atoms with Crippen molar-refractivity contribution in [3.05, 3.63) is 53.6 Å². The molecule has 28 heavy (non-hydrogen) atoms. The molecule has 0 aromatic heterocycles. The Bertz CT molecular complexity index is 893. The first-order valence-electron chi connectivity index (χ1n) is 8.36. The lowest BCUT2D eigenvalue weighted by Gasteiger charge is -2.13. The van der Waals surface area contributed by atoms with Crippen molar-refractivity contribution >= 4 is 23.6 Å². The van der Waals surface area contributed by atoms with E-state index in [9.17, 15) is 18.4 Å². The van der Waals surface area contributed by atoms with Crippen LogP contribution in [0.4, 0.5) is 8.78 Å². The molecule has 1 heterocycles. The quantitative estimate of drug-likeness (QED) is 0.560. The molecule has 1 amide bonds. The van der Waals surface area contributed by atoms with Gasteiger partial charge in [-0.2, -0.15) is 0 Å². The van der Waals surface area contributed by atoms with Gasteiger partial charge in [-0.25, -0.2) is 8.78 Å². The van der Waals surface area contributed by atoms with E-state index in [1.807, 2.05) is 0 Å². The standard InChI is InChI=1S/C19H17F2NO5S/c1-11(27-18(23)9-28-17-7-13(20)3-4-14(17)21)19(24)22-8-12-2-5-15-16(6-12)26-10-25-15/h2-7,11H,8-10H2,1H3,(H,22,24)/t11-/m0/s1. The normalized spacial score (nSPS) is 13.1. The average molecular weight is 409 g/mol. The molecule has 3 rings (SSSR count). The van der Waals surface area contributed by atoms with Crippen LogP contribution in [0.15, 0.2) is 41.3 Å². The summed E-state index contributed by atoms with van der Waals surface area (Å²) >= 11 is 0.798. The van der Waals surface area contributed by atoms with Crippen molar-refractivity contribution in [2.75, 3.05) is 12.5 Å². The van der Waals surface area contributed by atoms with Crippen LogP contribution in [0.3, 0.4) is 0 Å². The second kappa shape index (κ2) is 8.92. The number of carbonyl (C=O) groups excluding carboxylic acids is 2. The van der Waals surface area contributed by atoms with Crippen molar-refractivity contribution in [3.63, 3.8) is 0 Å². The third-order valence-corrected chi connectivity index (χ3v) is 4.82. The number of ether oxygens (including phenoxy) is 3. The van der Waals surface area contributed by atoms with Crippen LogP contribution in [0.5, 0.6) is 11.5 Å². The minimum atomic E-state index is -1.03. The van der Waals surface area contributed by atoms with Gasteiger partial charge in [-0.05, 0) is 42.8 Å². The van der Waals surface area contributed by atoms with Gasteiger partial charge in [-0.3, -0.25) is 9.59 Å². The van der Waals surface area contributed by atoms with E-state index in [1.165, 1.54) is 6.92 Å². The molecule has 0 spiro atoms. The van der Waals surface area contributed by atoms with Gasteiger partial charge < -0.3 is 19.5 Å². The van der Waals surface area contributed by atoms with Crippen LogP contribution in [0.25, 0.3) is 0 Å². The maximum Gasteiger partial charge on any atom is 0.317 e. The van der Waals surface area contributed by atoms with Crippen LogP contribution in [-0.4, -0.2) is 30.5 Å². The van der Waals surface area contributed by atoms with Gasteiger partial charge >= 0.3 is 5.97 Å². The molecule has 0 bridgehead atoms. The Morgan fingerprint density at radius 3 is 2.79 bits per heavy atom. The number of esters is 1. The molecule has 0 unspecified atom stereocenters. The van der Waals surface area contributed by atoms with Crippen LogP contribution < -0.4 is 14.8 Å². The molecule has 2 aromatic rings. The van der Waals surface area contributed by atoms with Gasteiger partial charge in [-0.1, -0.05) is 6.07 Å². The van der Waals surface area contributed by atoms with Crippen molar-refractivity contribution in [2.45, 2.75) is 24.5 Å². The third kappa shape index (κ3) is 5.13. The van der Waals surface area contributed by atoms with E-state index >= 15 is 0 Å². The monoisotopic (exact) mass is 409 g/mol. The second-order valence-electron chi connectivity index (χ2n) is 5.90. The van der Waals surface area contributed by atoms with Crippen molar-refractivity contribution in [3.8, 4) is 11.5 Å². The summed E-state index contributed by atoms with van der Waals surface area (Å²) in [4.78, 5) is 24.0. The molecule has 1 N–H and O–H groups in total. The Morgan fingerprint density at radius 2 is 1.96 bits per heavy atom. The van der Waals surface area contributed by atoms with E-state index in [2.05, 4.69) is 5.32 Å². The molecule has 0 aliphatic carbocycles. The number of thioether (sulfide) groups is 1. The minimum Gasteiger partial charge on any atom is -0.454 e.